The third-order valence-electron chi connectivity index (χ3n) is 3.83. The summed E-state index contributed by atoms with van der Waals surface area (Å²) in [5, 5.41) is 6.40. The highest BCUT2D eigenvalue weighted by molar-refractivity contribution is 7.15. The molecule has 1 aromatic carbocycles. The number of anilines is 1. The fourth-order valence-electron chi connectivity index (χ4n) is 2.39. The van der Waals surface area contributed by atoms with Crippen molar-refractivity contribution >= 4 is 33.6 Å². The predicted octanol–water partition coefficient (Wildman–Crippen LogP) is 4.01. The standard InChI is InChI=1S/C16H18N4S/c1-10-12(3)21-16(18-10)19-17-9-14-11(2)20(4)15-8-6-5-7-13(14)15/h5-9H,1-4H3,(H,18,19)/b17-9-. The SMILES string of the molecule is Cc1nc(N/N=C\c2c(C)n(C)c3ccccc23)sc1C. The van der Waals surface area contributed by atoms with E-state index in [0.717, 1.165) is 16.4 Å². The van der Waals surface area contributed by atoms with Crippen molar-refractivity contribution < 1.29 is 0 Å². The Kier molecular flexibility index (Phi) is 3.51. The zero-order valence-electron chi connectivity index (χ0n) is 12.6. The van der Waals surface area contributed by atoms with Gasteiger partial charge in [-0.05, 0) is 26.8 Å². The number of thiazole rings is 1. The van der Waals surface area contributed by atoms with E-state index >= 15 is 0 Å². The van der Waals surface area contributed by atoms with Crippen LogP contribution in [-0.4, -0.2) is 15.8 Å². The van der Waals surface area contributed by atoms with Crippen LogP contribution in [0, 0.1) is 20.8 Å². The Bertz CT molecular complexity index is 807. The number of fused-ring (bicyclic) bond motifs is 1. The van der Waals surface area contributed by atoms with Crippen LogP contribution in [0.1, 0.15) is 21.8 Å². The summed E-state index contributed by atoms with van der Waals surface area (Å²) in [5.74, 6) is 0. The van der Waals surface area contributed by atoms with Crippen LogP contribution in [0.15, 0.2) is 29.4 Å². The van der Waals surface area contributed by atoms with Crippen LogP contribution in [0.5, 0.6) is 0 Å². The van der Waals surface area contributed by atoms with E-state index < -0.39 is 0 Å². The normalized spacial score (nSPS) is 11.6. The van der Waals surface area contributed by atoms with Crippen molar-refractivity contribution in [3.05, 3.63) is 46.1 Å². The number of para-hydroxylation sites is 1. The zero-order valence-corrected chi connectivity index (χ0v) is 13.5. The summed E-state index contributed by atoms with van der Waals surface area (Å²) in [6.07, 6.45) is 1.88. The largest absolute Gasteiger partial charge is 0.347 e. The fourth-order valence-corrected chi connectivity index (χ4v) is 3.15. The molecule has 0 unspecified atom stereocenters. The molecular weight excluding hydrogens is 280 g/mol. The van der Waals surface area contributed by atoms with Crippen molar-refractivity contribution in [2.75, 3.05) is 5.43 Å². The average molecular weight is 298 g/mol. The van der Waals surface area contributed by atoms with E-state index in [-0.39, 0.29) is 0 Å². The van der Waals surface area contributed by atoms with Gasteiger partial charge in [0.05, 0.1) is 11.9 Å². The quantitative estimate of drug-likeness (QED) is 0.586. The van der Waals surface area contributed by atoms with Crippen molar-refractivity contribution in [1.82, 2.24) is 9.55 Å². The van der Waals surface area contributed by atoms with Gasteiger partial charge in [-0.25, -0.2) is 4.98 Å². The maximum absolute atomic E-state index is 4.42. The summed E-state index contributed by atoms with van der Waals surface area (Å²) in [5.41, 5.74) is 7.64. The van der Waals surface area contributed by atoms with Gasteiger partial charge >= 0.3 is 0 Å². The Morgan fingerprint density at radius 2 is 2.00 bits per heavy atom. The van der Waals surface area contributed by atoms with E-state index in [1.165, 1.54) is 21.5 Å². The molecule has 21 heavy (non-hydrogen) atoms. The van der Waals surface area contributed by atoms with Crippen molar-refractivity contribution in [1.29, 1.82) is 0 Å². The Balaban J connectivity index is 1.91. The van der Waals surface area contributed by atoms with Gasteiger partial charge in [0.2, 0.25) is 5.13 Å². The number of hydrogen-bond acceptors (Lipinski definition) is 4. The smallest absolute Gasteiger partial charge is 0.203 e. The first-order chi connectivity index (χ1) is 10.1. The van der Waals surface area contributed by atoms with E-state index in [4.69, 9.17) is 0 Å². The van der Waals surface area contributed by atoms with Crippen molar-refractivity contribution in [2.45, 2.75) is 20.8 Å². The van der Waals surface area contributed by atoms with E-state index in [1.54, 1.807) is 11.3 Å². The van der Waals surface area contributed by atoms with Gasteiger partial charge in [0.15, 0.2) is 0 Å². The molecule has 0 saturated heterocycles. The molecule has 3 aromatic rings. The molecule has 0 radical (unpaired) electrons. The molecule has 0 aliphatic carbocycles. The topological polar surface area (TPSA) is 42.2 Å². The molecular formula is C16H18N4S. The number of benzene rings is 1. The second-order valence-electron chi connectivity index (χ2n) is 5.11. The van der Waals surface area contributed by atoms with Crippen LogP contribution >= 0.6 is 11.3 Å². The third-order valence-corrected chi connectivity index (χ3v) is 4.81. The summed E-state index contributed by atoms with van der Waals surface area (Å²) < 4.78 is 2.19. The summed E-state index contributed by atoms with van der Waals surface area (Å²) >= 11 is 1.62. The van der Waals surface area contributed by atoms with Crippen LogP contribution in [0.3, 0.4) is 0 Å². The number of nitrogens with one attached hydrogen (secondary N) is 1. The van der Waals surface area contributed by atoms with E-state index in [1.807, 2.05) is 13.1 Å². The molecule has 5 heteroatoms. The molecule has 2 heterocycles. The van der Waals surface area contributed by atoms with Gasteiger partial charge in [0, 0.05) is 34.1 Å². The lowest BCUT2D eigenvalue weighted by Gasteiger charge is -1.97. The van der Waals surface area contributed by atoms with Crippen molar-refractivity contribution in [3.63, 3.8) is 0 Å². The maximum Gasteiger partial charge on any atom is 0.203 e. The molecule has 0 atom stereocenters. The van der Waals surface area contributed by atoms with Crippen LogP contribution in [0.4, 0.5) is 5.13 Å². The summed E-state index contributed by atoms with van der Waals surface area (Å²) in [4.78, 5) is 5.64. The summed E-state index contributed by atoms with van der Waals surface area (Å²) in [7, 11) is 2.08. The van der Waals surface area contributed by atoms with Gasteiger partial charge in [-0.1, -0.05) is 18.2 Å². The van der Waals surface area contributed by atoms with Crippen molar-refractivity contribution in [2.24, 2.45) is 12.1 Å². The van der Waals surface area contributed by atoms with Gasteiger partial charge in [-0.15, -0.1) is 11.3 Å². The lowest BCUT2D eigenvalue weighted by molar-refractivity contribution is 0.916. The summed E-state index contributed by atoms with van der Waals surface area (Å²) in [6, 6.07) is 8.37. The molecule has 4 nitrogen and oxygen atoms in total. The Labute approximate surface area is 128 Å². The minimum absolute atomic E-state index is 0.833. The van der Waals surface area contributed by atoms with Crippen molar-refractivity contribution in [3.8, 4) is 0 Å². The number of nitrogens with zero attached hydrogens (tertiary/aromatic N) is 3. The molecule has 0 spiro atoms. The molecule has 108 valence electrons. The van der Waals surface area contributed by atoms with E-state index in [0.29, 0.717) is 0 Å². The van der Waals surface area contributed by atoms with Crippen LogP contribution in [0.25, 0.3) is 10.9 Å². The number of hydrazone groups is 1. The number of hydrogen-bond donors (Lipinski definition) is 1. The first-order valence-electron chi connectivity index (χ1n) is 6.85. The fraction of sp³-hybridized carbons (Fsp3) is 0.250. The lowest BCUT2D eigenvalue weighted by Crippen LogP contribution is -1.94. The maximum atomic E-state index is 4.42. The van der Waals surface area contributed by atoms with Gasteiger partial charge in [-0.3, -0.25) is 5.43 Å². The second kappa shape index (κ2) is 5.33. The highest BCUT2D eigenvalue weighted by atomic mass is 32.1. The molecule has 1 N–H and O–H groups in total. The molecule has 3 rings (SSSR count). The Hall–Kier alpha value is -2.14. The van der Waals surface area contributed by atoms with Gasteiger partial charge in [0.25, 0.3) is 0 Å². The molecule has 0 aliphatic heterocycles. The highest BCUT2D eigenvalue weighted by Gasteiger charge is 2.09. The average Bonchev–Trinajstić information content (AvgIpc) is 2.92. The lowest BCUT2D eigenvalue weighted by atomic mass is 10.1. The van der Waals surface area contributed by atoms with E-state index in [2.05, 4.69) is 65.2 Å². The minimum atomic E-state index is 0.833. The van der Waals surface area contributed by atoms with E-state index in [9.17, 15) is 0 Å². The molecule has 0 bridgehead atoms. The van der Waals surface area contributed by atoms with Crippen LogP contribution < -0.4 is 5.43 Å². The number of aryl methyl sites for hydroxylation is 3. The Morgan fingerprint density at radius 3 is 2.71 bits per heavy atom. The van der Waals surface area contributed by atoms with Gasteiger partial charge in [-0.2, -0.15) is 5.10 Å². The van der Waals surface area contributed by atoms with Crippen LogP contribution in [-0.2, 0) is 7.05 Å². The molecule has 0 saturated carbocycles. The zero-order chi connectivity index (χ0) is 15.0. The minimum Gasteiger partial charge on any atom is -0.347 e. The third kappa shape index (κ3) is 2.45. The molecule has 2 aromatic heterocycles. The highest BCUT2D eigenvalue weighted by Crippen LogP contribution is 2.24. The summed E-state index contributed by atoms with van der Waals surface area (Å²) in [6.45, 7) is 6.19. The first-order valence-corrected chi connectivity index (χ1v) is 7.66. The predicted molar refractivity (Wildman–Crippen MR) is 90.5 cm³/mol. The monoisotopic (exact) mass is 298 g/mol. The second-order valence-corrected chi connectivity index (χ2v) is 6.31. The van der Waals surface area contributed by atoms with Gasteiger partial charge < -0.3 is 4.57 Å². The molecule has 0 fully saturated rings. The Morgan fingerprint density at radius 1 is 1.24 bits per heavy atom. The number of aromatic nitrogens is 2. The molecule has 0 amide bonds. The van der Waals surface area contributed by atoms with Crippen LogP contribution in [0.2, 0.25) is 0 Å². The first kappa shape index (κ1) is 13.8. The number of rotatable bonds is 3. The van der Waals surface area contributed by atoms with Gasteiger partial charge in [0.1, 0.15) is 0 Å². The molecule has 0 aliphatic rings.